The molecular formula is C27H30N6O5S. The van der Waals surface area contributed by atoms with Crippen LogP contribution in [0.3, 0.4) is 0 Å². The SMILES string of the molecule is CCOc1cc(C(Nc2ccc(C(=N)N)cc2)C(=O)NNS(=O)(=O)c2cccc(C#N)c2)ccc1OC(C)C. The molecular weight excluding hydrogens is 520 g/mol. The van der Waals surface area contributed by atoms with E-state index in [1.54, 1.807) is 42.5 Å². The van der Waals surface area contributed by atoms with Gasteiger partial charge in [-0.05, 0) is 80.9 Å². The van der Waals surface area contributed by atoms with E-state index in [0.717, 1.165) is 0 Å². The lowest BCUT2D eigenvalue weighted by Gasteiger charge is -2.22. The van der Waals surface area contributed by atoms with Gasteiger partial charge in [0, 0.05) is 11.3 Å². The van der Waals surface area contributed by atoms with Gasteiger partial charge in [-0.2, -0.15) is 5.26 Å². The molecule has 0 radical (unpaired) electrons. The number of nitrogens with two attached hydrogens (primary N) is 1. The van der Waals surface area contributed by atoms with E-state index < -0.39 is 22.0 Å². The van der Waals surface area contributed by atoms with Crippen LogP contribution in [-0.2, 0) is 14.8 Å². The fraction of sp³-hybridized carbons (Fsp3) is 0.222. The molecule has 0 saturated heterocycles. The molecule has 0 saturated carbocycles. The van der Waals surface area contributed by atoms with Gasteiger partial charge in [-0.1, -0.05) is 12.1 Å². The Morgan fingerprint density at radius 1 is 1.08 bits per heavy atom. The Kier molecular flexibility index (Phi) is 9.48. The minimum atomic E-state index is -4.17. The number of hydrogen-bond donors (Lipinski definition) is 5. The average molecular weight is 551 g/mol. The van der Waals surface area contributed by atoms with Gasteiger partial charge in [0.25, 0.3) is 15.9 Å². The second-order valence-corrected chi connectivity index (χ2v) is 10.3. The molecule has 0 fully saturated rings. The van der Waals surface area contributed by atoms with Gasteiger partial charge >= 0.3 is 0 Å². The number of rotatable bonds is 12. The number of nitriles is 1. The van der Waals surface area contributed by atoms with Gasteiger partial charge in [0.05, 0.1) is 29.2 Å². The van der Waals surface area contributed by atoms with Crippen molar-refractivity contribution in [2.75, 3.05) is 11.9 Å². The highest BCUT2D eigenvalue weighted by atomic mass is 32.2. The van der Waals surface area contributed by atoms with Crippen LogP contribution in [-0.4, -0.2) is 32.9 Å². The summed E-state index contributed by atoms with van der Waals surface area (Å²) in [5.74, 6) is 0.0984. The Balaban J connectivity index is 1.93. The normalized spacial score (nSPS) is 11.8. The van der Waals surface area contributed by atoms with Crippen LogP contribution in [0.5, 0.6) is 11.5 Å². The molecule has 0 heterocycles. The molecule has 1 atom stereocenters. The molecule has 0 aliphatic rings. The van der Waals surface area contributed by atoms with Crippen molar-refractivity contribution in [3.8, 4) is 17.6 Å². The van der Waals surface area contributed by atoms with Crippen molar-refractivity contribution in [1.82, 2.24) is 10.3 Å². The summed E-state index contributed by atoms with van der Waals surface area (Å²) in [6, 6.07) is 17.7. The first-order valence-corrected chi connectivity index (χ1v) is 13.5. The van der Waals surface area contributed by atoms with Crippen LogP contribution >= 0.6 is 0 Å². The summed E-state index contributed by atoms with van der Waals surface area (Å²) in [6.45, 7) is 5.94. The summed E-state index contributed by atoms with van der Waals surface area (Å²) in [4.78, 5) is 15.3. The Morgan fingerprint density at radius 3 is 2.41 bits per heavy atom. The monoisotopic (exact) mass is 550 g/mol. The van der Waals surface area contributed by atoms with Crippen LogP contribution in [0.1, 0.15) is 43.5 Å². The third-order valence-electron chi connectivity index (χ3n) is 5.31. The number of amidine groups is 1. The van der Waals surface area contributed by atoms with Crippen LogP contribution in [0.4, 0.5) is 5.69 Å². The highest BCUT2D eigenvalue weighted by Crippen LogP contribution is 2.33. The average Bonchev–Trinajstić information content (AvgIpc) is 2.91. The van der Waals surface area contributed by atoms with E-state index in [1.807, 2.05) is 26.8 Å². The molecule has 0 aliphatic carbocycles. The van der Waals surface area contributed by atoms with Crippen molar-refractivity contribution >= 4 is 27.5 Å². The first-order valence-electron chi connectivity index (χ1n) is 12.0. The molecule has 0 aliphatic heterocycles. The lowest BCUT2D eigenvalue weighted by molar-refractivity contribution is -0.122. The molecule has 3 aromatic carbocycles. The Labute approximate surface area is 227 Å². The smallest absolute Gasteiger partial charge is 0.262 e. The van der Waals surface area contributed by atoms with Crippen molar-refractivity contribution in [2.24, 2.45) is 5.73 Å². The number of nitrogens with zero attached hydrogens (tertiary/aromatic N) is 1. The minimum absolute atomic E-state index is 0.104. The predicted molar refractivity (Wildman–Crippen MR) is 147 cm³/mol. The van der Waals surface area contributed by atoms with E-state index in [4.69, 9.17) is 25.9 Å². The number of benzene rings is 3. The number of hydrogen-bond acceptors (Lipinski definition) is 8. The molecule has 0 aromatic heterocycles. The van der Waals surface area contributed by atoms with E-state index in [2.05, 4.69) is 15.6 Å². The first kappa shape index (κ1) is 29.0. The van der Waals surface area contributed by atoms with Crippen molar-refractivity contribution < 1.29 is 22.7 Å². The maximum atomic E-state index is 13.4. The largest absolute Gasteiger partial charge is 0.490 e. The number of carbonyl (C=O) groups excluding carboxylic acids is 1. The predicted octanol–water partition coefficient (Wildman–Crippen LogP) is 3.19. The molecule has 1 amide bonds. The Bertz CT molecular complexity index is 1480. The molecule has 1 unspecified atom stereocenters. The fourth-order valence-electron chi connectivity index (χ4n) is 3.52. The van der Waals surface area contributed by atoms with E-state index in [-0.39, 0.29) is 22.4 Å². The second kappa shape index (κ2) is 12.8. The van der Waals surface area contributed by atoms with Gasteiger partial charge in [0.1, 0.15) is 11.9 Å². The second-order valence-electron chi connectivity index (χ2n) is 8.61. The summed E-state index contributed by atoms with van der Waals surface area (Å²) in [5.41, 5.74) is 9.44. The molecule has 3 rings (SSSR count). The van der Waals surface area contributed by atoms with Gasteiger partial charge in [0.2, 0.25) is 0 Å². The van der Waals surface area contributed by atoms with Crippen molar-refractivity contribution in [3.63, 3.8) is 0 Å². The molecule has 11 nitrogen and oxygen atoms in total. The molecule has 6 N–H and O–H groups in total. The number of nitrogen functional groups attached to an aromatic ring is 1. The first-order chi connectivity index (χ1) is 18.5. The fourth-order valence-corrected chi connectivity index (χ4v) is 4.41. The highest BCUT2D eigenvalue weighted by Gasteiger charge is 2.25. The number of amides is 1. The third kappa shape index (κ3) is 7.70. The highest BCUT2D eigenvalue weighted by molar-refractivity contribution is 7.89. The zero-order valence-electron chi connectivity index (χ0n) is 21.7. The summed E-state index contributed by atoms with van der Waals surface area (Å²) < 4.78 is 37.1. The van der Waals surface area contributed by atoms with Gasteiger partial charge in [-0.3, -0.25) is 15.6 Å². The summed E-state index contributed by atoms with van der Waals surface area (Å²) in [5, 5.41) is 19.7. The standard InChI is InChI=1S/C27H30N6O5S/c1-4-37-24-15-20(10-13-23(24)38-17(2)3)25(31-21-11-8-19(9-12-21)26(29)30)27(34)32-33-39(35,36)22-7-5-6-18(14-22)16-28/h5-15,17,25,31,33H,4H2,1-3H3,(H3,29,30)(H,32,34). The molecule has 204 valence electrons. The van der Waals surface area contributed by atoms with Crippen LogP contribution in [0.25, 0.3) is 0 Å². The Morgan fingerprint density at radius 2 is 1.79 bits per heavy atom. The maximum absolute atomic E-state index is 13.4. The zero-order valence-corrected chi connectivity index (χ0v) is 22.5. The van der Waals surface area contributed by atoms with Crippen molar-refractivity contribution in [3.05, 3.63) is 83.4 Å². The summed E-state index contributed by atoms with van der Waals surface area (Å²) >= 11 is 0. The van der Waals surface area contributed by atoms with Crippen LogP contribution in [0.2, 0.25) is 0 Å². The number of ether oxygens (including phenoxy) is 2. The van der Waals surface area contributed by atoms with Gasteiger partial charge in [0.15, 0.2) is 11.5 Å². The molecule has 0 bridgehead atoms. The van der Waals surface area contributed by atoms with Gasteiger partial charge < -0.3 is 20.5 Å². The Hall–Kier alpha value is -4.60. The lowest BCUT2D eigenvalue weighted by Crippen LogP contribution is -2.45. The maximum Gasteiger partial charge on any atom is 0.262 e. The number of carbonyl (C=O) groups is 1. The van der Waals surface area contributed by atoms with Crippen molar-refractivity contribution in [2.45, 2.75) is 37.8 Å². The zero-order chi connectivity index (χ0) is 28.6. The number of sulfonamides is 1. The minimum Gasteiger partial charge on any atom is -0.490 e. The van der Waals surface area contributed by atoms with E-state index in [1.165, 1.54) is 24.3 Å². The van der Waals surface area contributed by atoms with Crippen LogP contribution < -0.4 is 30.8 Å². The van der Waals surface area contributed by atoms with Crippen molar-refractivity contribution in [1.29, 1.82) is 10.7 Å². The van der Waals surface area contributed by atoms with E-state index in [0.29, 0.717) is 34.9 Å². The quantitative estimate of drug-likeness (QED) is 0.130. The molecule has 0 spiro atoms. The third-order valence-corrected chi connectivity index (χ3v) is 6.56. The van der Waals surface area contributed by atoms with Crippen LogP contribution in [0.15, 0.2) is 71.6 Å². The molecule has 12 heteroatoms. The molecule has 3 aromatic rings. The topological polar surface area (TPSA) is 179 Å². The number of hydrazine groups is 1. The number of anilines is 1. The molecule has 39 heavy (non-hydrogen) atoms. The lowest BCUT2D eigenvalue weighted by atomic mass is 10.0. The van der Waals surface area contributed by atoms with E-state index >= 15 is 0 Å². The van der Waals surface area contributed by atoms with Crippen LogP contribution in [0, 0.1) is 16.7 Å². The van der Waals surface area contributed by atoms with Gasteiger partial charge in [-0.15, -0.1) is 4.83 Å². The summed E-state index contributed by atoms with van der Waals surface area (Å²) in [7, 11) is -4.17. The number of nitrogens with one attached hydrogen (secondary N) is 4. The summed E-state index contributed by atoms with van der Waals surface area (Å²) in [6.07, 6.45) is -0.110. The van der Waals surface area contributed by atoms with E-state index in [9.17, 15) is 13.2 Å². The van der Waals surface area contributed by atoms with Gasteiger partial charge in [-0.25, -0.2) is 8.42 Å².